The molecule has 0 amide bonds. The molecule has 1 aliphatic carbocycles. The number of aromatic nitrogens is 4. The Morgan fingerprint density at radius 3 is 1.57 bits per heavy atom. The number of hydrogen-bond donors (Lipinski definition) is 0. The van der Waals surface area contributed by atoms with E-state index in [2.05, 4.69) is 149 Å². The van der Waals surface area contributed by atoms with Gasteiger partial charge in [0.1, 0.15) is 0 Å². The van der Waals surface area contributed by atoms with Gasteiger partial charge >= 0.3 is 0 Å². The highest BCUT2D eigenvalue weighted by atomic mass is 14.9. The largest absolute Gasteiger partial charge is 0.264 e. The van der Waals surface area contributed by atoms with Crippen LogP contribution in [0, 0.1) is 0 Å². The lowest BCUT2D eigenvalue weighted by Crippen LogP contribution is -2.28. The van der Waals surface area contributed by atoms with Crippen molar-refractivity contribution in [3.8, 4) is 56.2 Å². The lowest BCUT2D eigenvalue weighted by molar-refractivity contribution is 0.768. The SMILES string of the molecule is c1ccc(C2(c3ccccc3)c3ccccc3-c3ccc(-c4nc(-c5ccc(-c6cccnc6)cc5)cc(-c5cccnc5)n4)cc32)cc1. The first kappa shape index (κ1) is 28.7. The van der Waals surface area contributed by atoms with Gasteiger partial charge in [0.25, 0.3) is 0 Å². The van der Waals surface area contributed by atoms with E-state index in [-0.39, 0.29) is 0 Å². The van der Waals surface area contributed by atoms with Crippen molar-refractivity contribution >= 4 is 0 Å². The van der Waals surface area contributed by atoms with Gasteiger partial charge < -0.3 is 0 Å². The Balaban J connectivity index is 1.25. The molecular formula is C45H30N4. The average Bonchev–Trinajstić information content (AvgIpc) is 3.49. The summed E-state index contributed by atoms with van der Waals surface area (Å²) in [6.07, 6.45) is 7.32. The molecule has 1 aliphatic rings. The van der Waals surface area contributed by atoms with E-state index in [4.69, 9.17) is 9.97 Å². The van der Waals surface area contributed by atoms with E-state index in [9.17, 15) is 0 Å². The van der Waals surface area contributed by atoms with E-state index >= 15 is 0 Å². The van der Waals surface area contributed by atoms with Crippen molar-refractivity contribution in [3.63, 3.8) is 0 Å². The number of fused-ring (bicyclic) bond motifs is 3. The molecule has 0 saturated carbocycles. The molecule has 0 fully saturated rings. The molecule has 0 saturated heterocycles. The number of nitrogens with zero attached hydrogens (tertiary/aromatic N) is 4. The highest BCUT2D eigenvalue weighted by Crippen LogP contribution is 2.56. The molecule has 0 radical (unpaired) electrons. The highest BCUT2D eigenvalue weighted by molar-refractivity contribution is 5.88. The van der Waals surface area contributed by atoms with Gasteiger partial charge in [0.15, 0.2) is 5.82 Å². The van der Waals surface area contributed by atoms with E-state index in [1.54, 1.807) is 12.4 Å². The molecule has 0 atom stereocenters. The second kappa shape index (κ2) is 11.9. The third kappa shape index (κ3) is 4.85. The summed E-state index contributed by atoms with van der Waals surface area (Å²) in [5.41, 5.74) is 13.7. The van der Waals surface area contributed by atoms with Gasteiger partial charge in [-0.1, -0.05) is 127 Å². The normalized spacial score (nSPS) is 12.7. The maximum atomic E-state index is 5.23. The Morgan fingerprint density at radius 1 is 0.367 bits per heavy atom. The fourth-order valence-corrected chi connectivity index (χ4v) is 7.34. The minimum atomic E-state index is -0.504. The molecule has 3 aromatic heterocycles. The monoisotopic (exact) mass is 626 g/mol. The maximum Gasteiger partial charge on any atom is 0.160 e. The quantitative estimate of drug-likeness (QED) is 0.184. The van der Waals surface area contributed by atoms with Crippen molar-refractivity contribution in [2.45, 2.75) is 5.41 Å². The summed E-state index contributed by atoms with van der Waals surface area (Å²) in [6.45, 7) is 0. The highest BCUT2D eigenvalue weighted by Gasteiger charge is 2.46. The molecule has 9 rings (SSSR count). The summed E-state index contributed by atoms with van der Waals surface area (Å²) >= 11 is 0. The van der Waals surface area contributed by atoms with Crippen molar-refractivity contribution in [2.24, 2.45) is 0 Å². The second-order valence-electron chi connectivity index (χ2n) is 12.3. The molecule has 0 bridgehead atoms. The van der Waals surface area contributed by atoms with Crippen molar-refractivity contribution in [3.05, 3.63) is 205 Å². The van der Waals surface area contributed by atoms with Crippen LogP contribution in [-0.4, -0.2) is 19.9 Å². The van der Waals surface area contributed by atoms with Crippen molar-refractivity contribution in [1.29, 1.82) is 0 Å². The smallest absolute Gasteiger partial charge is 0.160 e. The van der Waals surface area contributed by atoms with Crippen molar-refractivity contribution in [2.75, 3.05) is 0 Å². The first-order valence-corrected chi connectivity index (χ1v) is 16.5. The van der Waals surface area contributed by atoms with Gasteiger partial charge in [-0.2, -0.15) is 0 Å². The molecular weight excluding hydrogens is 597 g/mol. The van der Waals surface area contributed by atoms with Crippen LogP contribution in [0.5, 0.6) is 0 Å². The van der Waals surface area contributed by atoms with Crippen LogP contribution in [0.25, 0.3) is 56.2 Å². The molecule has 5 aromatic carbocycles. The maximum absolute atomic E-state index is 5.23. The van der Waals surface area contributed by atoms with E-state index in [0.717, 1.165) is 39.2 Å². The molecule has 0 unspecified atom stereocenters. The molecule has 3 heterocycles. The predicted molar refractivity (Wildman–Crippen MR) is 197 cm³/mol. The Kier molecular flexibility index (Phi) is 6.98. The lowest BCUT2D eigenvalue weighted by atomic mass is 9.67. The fourth-order valence-electron chi connectivity index (χ4n) is 7.34. The molecule has 0 aliphatic heterocycles. The zero-order valence-corrected chi connectivity index (χ0v) is 26.6. The van der Waals surface area contributed by atoms with Gasteiger partial charge in [0.05, 0.1) is 16.8 Å². The lowest BCUT2D eigenvalue weighted by Gasteiger charge is -2.34. The predicted octanol–water partition coefficient (Wildman–Crippen LogP) is 10.3. The van der Waals surface area contributed by atoms with E-state index in [1.807, 2.05) is 30.6 Å². The summed E-state index contributed by atoms with van der Waals surface area (Å²) in [5, 5.41) is 0. The van der Waals surface area contributed by atoms with Crippen LogP contribution < -0.4 is 0 Å². The van der Waals surface area contributed by atoms with Crippen LogP contribution in [0.4, 0.5) is 0 Å². The van der Waals surface area contributed by atoms with Crippen LogP contribution in [0.3, 0.4) is 0 Å². The topological polar surface area (TPSA) is 51.6 Å². The Labute approximate surface area is 285 Å². The number of hydrogen-bond acceptors (Lipinski definition) is 4. The number of pyridine rings is 2. The minimum Gasteiger partial charge on any atom is -0.264 e. The zero-order chi connectivity index (χ0) is 32.6. The van der Waals surface area contributed by atoms with Gasteiger partial charge in [-0.15, -0.1) is 0 Å². The minimum absolute atomic E-state index is 0.504. The Hall–Kier alpha value is -6.52. The summed E-state index contributed by atoms with van der Waals surface area (Å²) in [6, 6.07) is 55.8. The number of benzene rings is 5. The summed E-state index contributed by atoms with van der Waals surface area (Å²) < 4.78 is 0. The first-order chi connectivity index (χ1) is 24.3. The molecule has 4 heteroatoms. The second-order valence-corrected chi connectivity index (χ2v) is 12.3. The van der Waals surface area contributed by atoms with Gasteiger partial charge in [-0.25, -0.2) is 9.97 Å². The van der Waals surface area contributed by atoms with E-state index in [1.165, 1.54) is 33.4 Å². The molecule has 8 aromatic rings. The fraction of sp³-hybridized carbons (Fsp3) is 0.0222. The molecule has 4 nitrogen and oxygen atoms in total. The summed E-state index contributed by atoms with van der Waals surface area (Å²) in [4.78, 5) is 19.1. The van der Waals surface area contributed by atoms with E-state index < -0.39 is 5.41 Å². The number of rotatable bonds is 6. The van der Waals surface area contributed by atoms with Crippen molar-refractivity contribution in [1.82, 2.24) is 19.9 Å². The third-order valence-corrected chi connectivity index (χ3v) is 9.58. The third-order valence-electron chi connectivity index (χ3n) is 9.58. The van der Waals surface area contributed by atoms with Gasteiger partial charge in [-0.3, -0.25) is 9.97 Å². The molecule has 0 spiro atoms. The van der Waals surface area contributed by atoms with Crippen LogP contribution in [-0.2, 0) is 5.41 Å². The first-order valence-electron chi connectivity index (χ1n) is 16.5. The molecule has 230 valence electrons. The molecule has 0 N–H and O–H groups in total. The average molecular weight is 627 g/mol. The van der Waals surface area contributed by atoms with Crippen LogP contribution in [0.1, 0.15) is 22.3 Å². The zero-order valence-electron chi connectivity index (χ0n) is 26.6. The Morgan fingerprint density at radius 2 is 0.918 bits per heavy atom. The van der Waals surface area contributed by atoms with Gasteiger partial charge in [0.2, 0.25) is 0 Å². The van der Waals surface area contributed by atoms with Gasteiger partial charge in [-0.05, 0) is 74.8 Å². The van der Waals surface area contributed by atoms with Crippen LogP contribution >= 0.6 is 0 Å². The standard InChI is InChI=1S/C45H30N4/c1-3-13-36(14-4-1)45(37-15-5-2-6-16-37)40-18-8-7-17-38(40)39-24-23-33(27-41(39)45)44-48-42(28-43(49-44)35-12-10-26-47-30-35)32-21-19-31(20-22-32)34-11-9-25-46-29-34/h1-30H. The van der Waals surface area contributed by atoms with Crippen LogP contribution in [0.2, 0.25) is 0 Å². The Bertz CT molecular complexity index is 2370. The summed E-state index contributed by atoms with van der Waals surface area (Å²) in [7, 11) is 0. The van der Waals surface area contributed by atoms with Crippen LogP contribution in [0.15, 0.2) is 183 Å². The molecule has 49 heavy (non-hydrogen) atoms. The van der Waals surface area contributed by atoms with Crippen molar-refractivity contribution < 1.29 is 0 Å². The summed E-state index contributed by atoms with van der Waals surface area (Å²) in [5.74, 6) is 0.668. The van der Waals surface area contributed by atoms with E-state index in [0.29, 0.717) is 5.82 Å². The van der Waals surface area contributed by atoms with Gasteiger partial charge in [0, 0.05) is 41.5 Å².